The van der Waals surface area contributed by atoms with Gasteiger partial charge in [0.1, 0.15) is 12.4 Å². The molecule has 1 saturated heterocycles. The highest BCUT2D eigenvalue weighted by Crippen LogP contribution is 2.09. The molecule has 3 rings (SSSR count). The number of nitrogens with one attached hydrogen (secondary N) is 2. The summed E-state index contributed by atoms with van der Waals surface area (Å²) in [6.07, 6.45) is 1.14. The molecule has 8 nitrogen and oxygen atoms in total. The van der Waals surface area contributed by atoms with Crippen molar-refractivity contribution in [2.75, 3.05) is 39.3 Å². The molecule has 1 aliphatic heterocycles. The van der Waals surface area contributed by atoms with Crippen molar-refractivity contribution in [2.45, 2.75) is 39.8 Å². The Hall–Kier alpha value is -1.24. The zero-order valence-electron chi connectivity index (χ0n) is 19.0. The molecule has 0 aliphatic carbocycles. The summed E-state index contributed by atoms with van der Waals surface area (Å²) in [4.78, 5) is 8.60. The van der Waals surface area contributed by atoms with E-state index in [1.54, 1.807) is 11.3 Å². The normalized spacial score (nSPS) is 17.6. The van der Waals surface area contributed by atoms with Gasteiger partial charge in [-0.1, -0.05) is 19.9 Å². The lowest BCUT2D eigenvalue weighted by molar-refractivity contribution is -0.0284. The van der Waals surface area contributed by atoms with Crippen molar-refractivity contribution in [3.05, 3.63) is 34.0 Å². The Morgan fingerprint density at radius 2 is 2.19 bits per heavy atom. The maximum atomic E-state index is 5.98. The van der Waals surface area contributed by atoms with Crippen LogP contribution < -0.4 is 10.6 Å². The van der Waals surface area contributed by atoms with Crippen LogP contribution in [0, 0.1) is 12.8 Å². The Bertz CT molecular complexity index is 794. The number of hydrogen-bond donors (Lipinski definition) is 2. The highest BCUT2D eigenvalue weighted by atomic mass is 127. The minimum absolute atomic E-state index is 0. The first-order valence-electron chi connectivity index (χ1n) is 10.7. The third-order valence-corrected chi connectivity index (χ3v) is 6.08. The van der Waals surface area contributed by atoms with Gasteiger partial charge < -0.3 is 19.9 Å². The molecule has 1 fully saturated rings. The molecule has 0 amide bonds. The van der Waals surface area contributed by atoms with Crippen LogP contribution >= 0.6 is 35.3 Å². The monoisotopic (exact) mass is 561 g/mol. The second-order valence-corrected chi connectivity index (χ2v) is 9.20. The second-order valence-electron chi connectivity index (χ2n) is 8.17. The first kappa shape index (κ1) is 26.0. The van der Waals surface area contributed by atoms with Crippen LogP contribution in [-0.2, 0) is 24.8 Å². The van der Waals surface area contributed by atoms with Crippen LogP contribution in [0.2, 0.25) is 0 Å². The quantitative estimate of drug-likeness (QED) is 0.278. The zero-order valence-corrected chi connectivity index (χ0v) is 22.2. The molecular weight excluding hydrogens is 525 g/mol. The lowest BCUT2D eigenvalue weighted by Crippen LogP contribution is -2.50. The fourth-order valence-corrected chi connectivity index (χ4v) is 4.18. The van der Waals surface area contributed by atoms with E-state index in [0.29, 0.717) is 12.5 Å². The molecule has 31 heavy (non-hydrogen) atoms. The summed E-state index contributed by atoms with van der Waals surface area (Å²) in [5, 5.41) is 17.4. The van der Waals surface area contributed by atoms with E-state index in [9.17, 15) is 0 Å². The second kappa shape index (κ2) is 13.3. The first-order chi connectivity index (χ1) is 14.5. The predicted octanol–water partition coefficient (Wildman–Crippen LogP) is 2.44. The van der Waals surface area contributed by atoms with Crippen LogP contribution in [0.1, 0.15) is 30.4 Å². The maximum Gasteiger partial charge on any atom is 0.191 e. The highest BCUT2D eigenvalue weighted by molar-refractivity contribution is 14.0. The number of aryl methyl sites for hydroxylation is 1. The fourth-order valence-electron chi connectivity index (χ4n) is 3.47. The number of thiophene rings is 1. The van der Waals surface area contributed by atoms with Crippen LogP contribution in [0.3, 0.4) is 0 Å². The molecule has 0 bridgehead atoms. The number of hydrogen-bond acceptors (Lipinski definition) is 6. The summed E-state index contributed by atoms with van der Waals surface area (Å²) in [5.41, 5.74) is 0. The van der Waals surface area contributed by atoms with Gasteiger partial charge in [0.2, 0.25) is 0 Å². The summed E-state index contributed by atoms with van der Waals surface area (Å²) >= 11 is 1.78. The molecule has 3 heterocycles. The van der Waals surface area contributed by atoms with Crippen LogP contribution in [0.4, 0.5) is 0 Å². The van der Waals surface area contributed by atoms with Gasteiger partial charge in [0.25, 0.3) is 0 Å². The Morgan fingerprint density at radius 1 is 1.35 bits per heavy atom. The van der Waals surface area contributed by atoms with Crippen molar-refractivity contribution in [3.8, 4) is 0 Å². The molecule has 2 aromatic rings. The average Bonchev–Trinajstić information content (AvgIpc) is 3.34. The molecule has 2 aromatic heterocycles. The van der Waals surface area contributed by atoms with Gasteiger partial charge in [0.15, 0.2) is 11.8 Å². The van der Waals surface area contributed by atoms with E-state index in [0.717, 1.165) is 63.4 Å². The molecule has 10 heteroatoms. The van der Waals surface area contributed by atoms with Gasteiger partial charge in [-0.3, -0.25) is 4.90 Å². The van der Waals surface area contributed by atoms with Crippen molar-refractivity contribution in [1.82, 2.24) is 30.3 Å². The van der Waals surface area contributed by atoms with Gasteiger partial charge in [-0.2, -0.15) is 0 Å². The summed E-state index contributed by atoms with van der Waals surface area (Å²) in [7, 11) is 1.97. The molecule has 1 unspecified atom stereocenters. The van der Waals surface area contributed by atoms with E-state index < -0.39 is 0 Å². The topological polar surface area (TPSA) is 79.6 Å². The number of aromatic nitrogens is 3. The molecule has 0 aromatic carbocycles. The van der Waals surface area contributed by atoms with E-state index >= 15 is 0 Å². The number of guanidine groups is 1. The van der Waals surface area contributed by atoms with Crippen molar-refractivity contribution in [3.63, 3.8) is 0 Å². The lowest BCUT2D eigenvalue weighted by atomic mass is 10.2. The van der Waals surface area contributed by atoms with Crippen LogP contribution in [-0.4, -0.2) is 71.1 Å². The Labute approximate surface area is 206 Å². The summed E-state index contributed by atoms with van der Waals surface area (Å²) in [6, 6.07) is 4.26. The van der Waals surface area contributed by atoms with Gasteiger partial charge in [-0.15, -0.1) is 45.5 Å². The molecule has 0 spiro atoms. The number of aliphatic imine (C=N–C) groups is 1. The smallest absolute Gasteiger partial charge is 0.191 e. The van der Waals surface area contributed by atoms with Crippen LogP contribution in [0.25, 0.3) is 0 Å². The minimum atomic E-state index is 0. The van der Waals surface area contributed by atoms with Crippen molar-refractivity contribution in [1.29, 1.82) is 0 Å². The average molecular weight is 562 g/mol. The number of halogens is 1. The lowest BCUT2D eigenvalue weighted by Gasteiger charge is -2.34. The third-order valence-electron chi connectivity index (χ3n) is 5.15. The minimum Gasteiger partial charge on any atom is -0.374 e. The number of ether oxygens (including phenoxy) is 1. The Morgan fingerprint density at radius 3 is 2.87 bits per heavy atom. The SMILES string of the molecule is Cc1nnc(CN=C(NCCc2cccs2)NCC2CN(CC(C)C)CCO2)n1C.I. The van der Waals surface area contributed by atoms with E-state index in [2.05, 4.69) is 57.1 Å². The Kier molecular flexibility index (Phi) is 11.2. The maximum absolute atomic E-state index is 5.98. The van der Waals surface area contributed by atoms with E-state index in [-0.39, 0.29) is 30.1 Å². The zero-order chi connectivity index (χ0) is 21.3. The standard InChI is InChI=1S/C21H35N7OS.HI/c1-16(2)14-28-9-10-29-18(15-28)12-23-21(22-8-7-19-6-5-11-30-19)24-13-20-26-25-17(3)27(20)4;/h5-6,11,16,18H,7-10,12-15H2,1-4H3,(H2,22,23,24);1H. The summed E-state index contributed by atoms with van der Waals surface area (Å²) < 4.78 is 7.95. The van der Waals surface area contributed by atoms with E-state index in [4.69, 9.17) is 9.73 Å². The number of rotatable bonds is 9. The van der Waals surface area contributed by atoms with Gasteiger partial charge in [-0.05, 0) is 30.7 Å². The summed E-state index contributed by atoms with van der Waals surface area (Å²) in [5.74, 6) is 3.20. The molecule has 1 aliphatic rings. The summed E-state index contributed by atoms with van der Waals surface area (Å²) in [6.45, 7) is 12.4. The Balaban J connectivity index is 0.00000341. The molecule has 1 atom stereocenters. The van der Waals surface area contributed by atoms with E-state index in [1.165, 1.54) is 4.88 Å². The van der Waals surface area contributed by atoms with Gasteiger partial charge in [-0.25, -0.2) is 4.99 Å². The molecule has 2 N–H and O–H groups in total. The molecule has 174 valence electrons. The van der Waals surface area contributed by atoms with Gasteiger partial charge >= 0.3 is 0 Å². The largest absolute Gasteiger partial charge is 0.374 e. The number of nitrogens with zero attached hydrogens (tertiary/aromatic N) is 5. The van der Waals surface area contributed by atoms with Gasteiger partial charge in [0, 0.05) is 44.6 Å². The van der Waals surface area contributed by atoms with Crippen molar-refractivity contribution < 1.29 is 4.74 Å². The number of morpholine rings is 1. The van der Waals surface area contributed by atoms with Crippen molar-refractivity contribution in [2.24, 2.45) is 18.0 Å². The fraction of sp³-hybridized carbons (Fsp3) is 0.667. The molecular formula is C21H36IN7OS. The van der Waals surface area contributed by atoms with Crippen LogP contribution in [0.5, 0.6) is 0 Å². The highest BCUT2D eigenvalue weighted by Gasteiger charge is 2.21. The van der Waals surface area contributed by atoms with Crippen molar-refractivity contribution >= 4 is 41.3 Å². The third kappa shape index (κ3) is 8.66. The van der Waals surface area contributed by atoms with E-state index in [1.807, 2.05) is 18.5 Å². The van der Waals surface area contributed by atoms with Crippen LogP contribution in [0.15, 0.2) is 22.5 Å². The molecule has 0 saturated carbocycles. The predicted molar refractivity (Wildman–Crippen MR) is 137 cm³/mol. The first-order valence-corrected chi connectivity index (χ1v) is 11.6. The van der Waals surface area contributed by atoms with Gasteiger partial charge in [0.05, 0.1) is 12.7 Å². The molecule has 0 radical (unpaired) electrons.